The zero-order valence-corrected chi connectivity index (χ0v) is 25.0. The zero-order chi connectivity index (χ0) is 29.7. The third kappa shape index (κ3) is 10.4. The number of hydrogen-bond acceptors (Lipinski definition) is 5. The van der Waals surface area contributed by atoms with Gasteiger partial charge in [-0.1, -0.05) is 123 Å². The van der Waals surface area contributed by atoms with E-state index in [1.165, 1.54) is 6.08 Å². The highest BCUT2D eigenvalue weighted by atomic mass is 28.3. The lowest BCUT2D eigenvalue weighted by Crippen LogP contribution is -2.53. The molecule has 3 rings (SSSR count). The smallest absolute Gasteiger partial charge is 0.407 e. The number of rotatable bonds is 14. The number of alkyl carbamates (subject to hydrolysis) is 1. The number of amides is 2. The molecule has 3 aromatic rings. The number of hydrogen-bond donors (Lipinski definition) is 2. The molecule has 8 heteroatoms. The minimum absolute atomic E-state index is 0.0255. The van der Waals surface area contributed by atoms with Crippen molar-refractivity contribution < 1.29 is 23.9 Å². The lowest BCUT2D eigenvalue weighted by Gasteiger charge is -2.29. The summed E-state index contributed by atoms with van der Waals surface area (Å²) >= 11 is 0. The first kappa shape index (κ1) is 31.4. The number of nitrogens with one attached hydrogen (secondary N) is 2. The fourth-order valence-electron chi connectivity index (χ4n) is 4.49. The normalized spacial score (nSPS) is 13.2. The predicted octanol–water partition coefficient (Wildman–Crippen LogP) is 5.44. The van der Waals surface area contributed by atoms with E-state index in [-0.39, 0.29) is 31.6 Å². The molecular formula is C33H40N2O5Si. The van der Waals surface area contributed by atoms with Gasteiger partial charge in [0.05, 0.1) is 14.7 Å². The Hall–Kier alpha value is -4.17. The van der Waals surface area contributed by atoms with Gasteiger partial charge in [-0.15, -0.1) is 0 Å². The molecule has 0 heterocycles. The molecule has 0 bridgehead atoms. The van der Waals surface area contributed by atoms with Crippen molar-refractivity contribution in [2.24, 2.45) is 0 Å². The van der Waals surface area contributed by atoms with Crippen molar-refractivity contribution in [1.82, 2.24) is 10.6 Å². The van der Waals surface area contributed by atoms with Gasteiger partial charge in [-0.05, 0) is 16.7 Å². The molecule has 7 nitrogen and oxygen atoms in total. The van der Waals surface area contributed by atoms with Crippen molar-refractivity contribution in [1.29, 1.82) is 0 Å². The van der Waals surface area contributed by atoms with Crippen LogP contribution in [-0.2, 0) is 31.9 Å². The molecule has 0 fully saturated rings. The van der Waals surface area contributed by atoms with Gasteiger partial charge in [0, 0.05) is 18.4 Å². The molecule has 1 unspecified atom stereocenters. The van der Waals surface area contributed by atoms with E-state index < -0.39 is 38.1 Å². The Kier molecular flexibility index (Phi) is 11.9. The monoisotopic (exact) mass is 572 g/mol. The molecule has 2 amide bonds. The van der Waals surface area contributed by atoms with Crippen molar-refractivity contribution in [2.45, 2.75) is 50.1 Å². The first-order chi connectivity index (χ1) is 19.7. The van der Waals surface area contributed by atoms with Gasteiger partial charge in [0.15, 0.2) is 0 Å². The second kappa shape index (κ2) is 15.6. The van der Waals surface area contributed by atoms with Crippen LogP contribution < -0.4 is 10.6 Å². The summed E-state index contributed by atoms with van der Waals surface area (Å²) in [4.78, 5) is 39.5. The van der Waals surface area contributed by atoms with Crippen LogP contribution >= 0.6 is 0 Å². The Morgan fingerprint density at radius 2 is 1.27 bits per heavy atom. The molecule has 3 atom stereocenters. The van der Waals surface area contributed by atoms with Gasteiger partial charge in [0.1, 0.15) is 18.7 Å². The lowest BCUT2D eigenvalue weighted by molar-refractivity contribution is -0.146. The van der Waals surface area contributed by atoms with Crippen LogP contribution in [0.25, 0.3) is 0 Å². The second-order valence-electron chi connectivity index (χ2n) is 11.0. The van der Waals surface area contributed by atoms with Crippen LogP contribution in [0.2, 0.25) is 19.6 Å². The van der Waals surface area contributed by atoms with Crippen LogP contribution in [0.3, 0.4) is 0 Å². The number of carbonyl (C=O) groups excluding carboxylic acids is 3. The minimum atomic E-state index is -1.74. The molecule has 0 aliphatic rings. The first-order valence-electron chi connectivity index (χ1n) is 13.8. The highest BCUT2D eigenvalue weighted by molar-refractivity contribution is 6.77. The quantitative estimate of drug-likeness (QED) is 0.152. The third-order valence-electron chi connectivity index (χ3n) is 6.75. The van der Waals surface area contributed by atoms with Gasteiger partial charge in [-0.2, -0.15) is 0 Å². The summed E-state index contributed by atoms with van der Waals surface area (Å²) in [6.45, 7) is 10.5. The van der Waals surface area contributed by atoms with E-state index in [0.717, 1.165) is 16.7 Å². The number of esters is 1. The Labute approximate surface area is 244 Å². The Morgan fingerprint density at radius 3 is 1.78 bits per heavy atom. The van der Waals surface area contributed by atoms with Gasteiger partial charge in [0.2, 0.25) is 5.91 Å². The van der Waals surface area contributed by atoms with Gasteiger partial charge in [-0.25, -0.2) is 9.59 Å². The Bertz CT molecular complexity index is 1260. The summed E-state index contributed by atoms with van der Waals surface area (Å²) in [5, 5.41) is 5.55. The van der Waals surface area contributed by atoms with E-state index in [1.54, 1.807) is 0 Å². The molecule has 0 saturated carbocycles. The van der Waals surface area contributed by atoms with Crippen molar-refractivity contribution in [2.75, 3.05) is 13.2 Å². The van der Waals surface area contributed by atoms with Gasteiger partial charge >= 0.3 is 12.1 Å². The highest BCUT2D eigenvalue weighted by Gasteiger charge is 2.31. The summed E-state index contributed by atoms with van der Waals surface area (Å²) < 4.78 is 11.0. The molecule has 41 heavy (non-hydrogen) atoms. The molecule has 0 radical (unpaired) electrons. The molecule has 216 valence electrons. The number of carbonyl (C=O) groups is 3. The molecule has 3 aromatic carbocycles. The van der Waals surface area contributed by atoms with Crippen molar-refractivity contribution in [3.63, 3.8) is 0 Å². The standard InChI is InChI=1S/C33H40N2O5Si/c1-5-21-39-32(37)29(23-26-17-11-7-12-18-26)34-31(36)28(22-25-15-9-6-10-16-25)35-33(38)40-24-30(41(2,3)4)27-19-13-8-14-20-27/h5-20,28-30H,1,21-24H2,2-4H3,(H,34,36)(H,35,38)/t28-,29-,30?/m0/s1. The highest BCUT2D eigenvalue weighted by Crippen LogP contribution is 2.27. The Morgan fingerprint density at radius 1 is 0.756 bits per heavy atom. The van der Waals surface area contributed by atoms with Crippen molar-refractivity contribution in [3.8, 4) is 0 Å². The van der Waals surface area contributed by atoms with Crippen LogP contribution in [0.1, 0.15) is 22.2 Å². The molecule has 0 spiro atoms. The van der Waals surface area contributed by atoms with Crippen molar-refractivity contribution >= 4 is 26.0 Å². The summed E-state index contributed by atoms with van der Waals surface area (Å²) in [6.07, 6.45) is 1.24. The van der Waals surface area contributed by atoms with Crippen LogP contribution in [0.15, 0.2) is 104 Å². The minimum Gasteiger partial charge on any atom is -0.460 e. The second-order valence-corrected chi connectivity index (χ2v) is 16.4. The molecule has 0 aliphatic heterocycles. The van der Waals surface area contributed by atoms with E-state index in [2.05, 4.69) is 36.9 Å². The molecular weight excluding hydrogens is 532 g/mol. The summed E-state index contributed by atoms with van der Waals surface area (Å²) in [7, 11) is -1.74. The number of benzene rings is 3. The maximum atomic E-state index is 13.6. The SMILES string of the molecule is C=CCOC(=O)[C@H](Cc1ccccc1)NC(=O)[C@H](Cc1ccccc1)NC(=O)OCC(c1ccccc1)[Si](C)(C)C. The Balaban J connectivity index is 1.76. The predicted molar refractivity (Wildman–Crippen MR) is 164 cm³/mol. The van der Waals surface area contributed by atoms with Crippen LogP contribution in [0.5, 0.6) is 0 Å². The molecule has 2 N–H and O–H groups in total. The average Bonchev–Trinajstić information content (AvgIpc) is 2.96. The molecule has 0 aromatic heterocycles. The van der Waals surface area contributed by atoms with Crippen LogP contribution in [0, 0.1) is 0 Å². The van der Waals surface area contributed by atoms with Crippen molar-refractivity contribution in [3.05, 3.63) is 120 Å². The van der Waals surface area contributed by atoms with E-state index in [4.69, 9.17) is 9.47 Å². The zero-order valence-electron chi connectivity index (χ0n) is 24.0. The third-order valence-corrected chi connectivity index (χ3v) is 9.34. The van der Waals surface area contributed by atoms with Gasteiger partial charge < -0.3 is 20.1 Å². The maximum absolute atomic E-state index is 13.6. The van der Waals surface area contributed by atoms with E-state index in [9.17, 15) is 14.4 Å². The number of ether oxygens (including phenoxy) is 2. The van der Waals surface area contributed by atoms with Crippen LogP contribution in [0.4, 0.5) is 4.79 Å². The average molecular weight is 573 g/mol. The largest absolute Gasteiger partial charge is 0.460 e. The molecule has 0 aliphatic carbocycles. The van der Waals surface area contributed by atoms with E-state index in [0.29, 0.717) is 0 Å². The fraction of sp³-hybridized carbons (Fsp3) is 0.303. The fourth-order valence-corrected chi connectivity index (χ4v) is 6.27. The summed E-state index contributed by atoms with van der Waals surface area (Å²) in [5.74, 6) is -1.09. The molecule has 0 saturated heterocycles. The lowest BCUT2D eigenvalue weighted by atomic mass is 10.0. The van der Waals surface area contributed by atoms with E-state index in [1.807, 2.05) is 91.0 Å². The van der Waals surface area contributed by atoms with E-state index >= 15 is 0 Å². The van der Waals surface area contributed by atoms with Gasteiger partial charge in [-0.3, -0.25) is 4.79 Å². The maximum Gasteiger partial charge on any atom is 0.407 e. The summed E-state index contributed by atoms with van der Waals surface area (Å²) in [6, 6.07) is 26.8. The summed E-state index contributed by atoms with van der Waals surface area (Å²) in [5.41, 5.74) is 2.93. The van der Waals surface area contributed by atoms with Gasteiger partial charge in [0.25, 0.3) is 0 Å². The first-order valence-corrected chi connectivity index (χ1v) is 17.4. The van der Waals surface area contributed by atoms with Crippen LogP contribution in [-0.4, -0.2) is 51.3 Å². The topological polar surface area (TPSA) is 93.7 Å².